The maximum atomic E-state index is 13.7. The number of carbonyl (C=O) groups is 2. The van der Waals surface area contributed by atoms with Gasteiger partial charge in [-0.25, -0.2) is 4.79 Å². The minimum absolute atomic E-state index is 0.0209. The van der Waals surface area contributed by atoms with E-state index in [-0.39, 0.29) is 40.4 Å². The van der Waals surface area contributed by atoms with Gasteiger partial charge in [-0.3, -0.25) is 9.48 Å². The summed E-state index contributed by atoms with van der Waals surface area (Å²) in [7, 11) is 0. The van der Waals surface area contributed by atoms with Crippen molar-refractivity contribution in [1.29, 1.82) is 0 Å². The van der Waals surface area contributed by atoms with E-state index in [1.165, 1.54) is 4.90 Å². The Morgan fingerprint density at radius 3 is 2.48 bits per heavy atom. The van der Waals surface area contributed by atoms with Crippen LogP contribution >= 0.6 is 23.2 Å². The predicted molar refractivity (Wildman–Crippen MR) is 167 cm³/mol. The molecule has 0 aliphatic carbocycles. The van der Waals surface area contributed by atoms with Gasteiger partial charge in [0.05, 0.1) is 65.5 Å². The number of aromatic nitrogens is 2. The second-order valence-corrected chi connectivity index (χ2v) is 11.6. The Kier molecular flexibility index (Phi) is 8.50. The Labute approximate surface area is 263 Å². The summed E-state index contributed by atoms with van der Waals surface area (Å²) in [6.45, 7) is 4.54. The number of rotatable bonds is 7. The number of carbonyl (C=O) groups excluding carboxylic acids is 1. The lowest BCUT2D eigenvalue weighted by Gasteiger charge is -2.32. The molecule has 3 heterocycles. The first-order chi connectivity index (χ1) is 21.2. The lowest BCUT2D eigenvalue weighted by atomic mass is 9.97. The van der Waals surface area contributed by atoms with Crippen molar-refractivity contribution in [2.75, 3.05) is 37.9 Å². The van der Waals surface area contributed by atoms with Gasteiger partial charge in [-0.15, -0.1) is 0 Å². The quantitative estimate of drug-likeness (QED) is 0.276. The van der Waals surface area contributed by atoms with Crippen LogP contribution in [0.3, 0.4) is 0 Å². The lowest BCUT2D eigenvalue weighted by molar-refractivity contribution is 0.0516. The van der Waals surface area contributed by atoms with E-state index in [0.717, 1.165) is 22.3 Å². The van der Waals surface area contributed by atoms with E-state index in [2.05, 4.69) is 5.10 Å². The summed E-state index contributed by atoms with van der Waals surface area (Å²) in [4.78, 5) is 29.2. The number of anilines is 1. The molecular weight excluding hydrogens is 607 g/mol. The van der Waals surface area contributed by atoms with Crippen molar-refractivity contribution in [3.8, 4) is 28.0 Å². The fraction of sp³-hybridized carbons (Fsp3) is 0.281. The monoisotopic (exact) mass is 636 g/mol. The summed E-state index contributed by atoms with van der Waals surface area (Å²) in [5.74, 6) is -0.725. The molecule has 0 radical (unpaired) electrons. The van der Waals surface area contributed by atoms with Crippen molar-refractivity contribution in [3.05, 3.63) is 87.7 Å². The molecule has 6 rings (SSSR count). The zero-order valence-corrected chi connectivity index (χ0v) is 25.4. The topological polar surface area (TPSA) is 117 Å². The van der Waals surface area contributed by atoms with Gasteiger partial charge >= 0.3 is 5.97 Å². The van der Waals surface area contributed by atoms with Gasteiger partial charge in [-0.05, 0) is 42.3 Å². The van der Waals surface area contributed by atoms with Gasteiger partial charge in [0, 0.05) is 36.0 Å². The third-order valence-corrected chi connectivity index (χ3v) is 8.27. The van der Waals surface area contributed by atoms with Gasteiger partial charge < -0.3 is 29.5 Å². The summed E-state index contributed by atoms with van der Waals surface area (Å²) in [6.07, 6.45) is 2.88. The molecule has 0 spiro atoms. The van der Waals surface area contributed by atoms with Crippen molar-refractivity contribution in [2.24, 2.45) is 0 Å². The number of aromatic carboxylic acids is 1. The first kappa shape index (κ1) is 30.0. The van der Waals surface area contributed by atoms with E-state index in [1.807, 2.05) is 29.2 Å². The highest BCUT2D eigenvalue weighted by molar-refractivity contribution is 6.40. The van der Waals surface area contributed by atoms with Crippen LogP contribution in [0, 0.1) is 0 Å². The Balaban J connectivity index is 1.25. The summed E-state index contributed by atoms with van der Waals surface area (Å²) >= 11 is 13.2. The number of halogens is 2. The van der Waals surface area contributed by atoms with Crippen LogP contribution in [0.2, 0.25) is 10.0 Å². The summed E-state index contributed by atoms with van der Waals surface area (Å²) in [5, 5.41) is 24.1. The first-order valence-corrected chi connectivity index (χ1v) is 14.9. The summed E-state index contributed by atoms with van der Waals surface area (Å²) in [5.41, 5.74) is 4.90. The molecule has 1 fully saturated rings. The molecule has 0 bridgehead atoms. The molecule has 3 aromatic carbocycles. The van der Waals surface area contributed by atoms with Gasteiger partial charge in [0.1, 0.15) is 5.75 Å². The van der Waals surface area contributed by atoms with Crippen LogP contribution in [-0.4, -0.2) is 75.9 Å². The fourth-order valence-corrected chi connectivity index (χ4v) is 6.21. The van der Waals surface area contributed by atoms with Crippen molar-refractivity contribution >= 4 is 40.8 Å². The molecule has 1 saturated heterocycles. The van der Waals surface area contributed by atoms with Crippen molar-refractivity contribution in [1.82, 2.24) is 14.7 Å². The third-order valence-electron chi connectivity index (χ3n) is 7.67. The maximum absolute atomic E-state index is 13.7. The molecule has 2 aliphatic rings. The number of amides is 1. The number of nitrogens with zero attached hydrogens (tertiary/aromatic N) is 4. The average molecular weight is 638 g/mol. The van der Waals surface area contributed by atoms with Crippen LogP contribution in [0.1, 0.15) is 33.2 Å². The van der Waals surface area contributed by atoms with Gasteiger partial charge in [0.15, 0.2) is 6.73 Å². The van der Waals surface area contributed by atoms with Crippen LogP contribution in [-0.2, 0) is 17.8 Å². The maximum Gasteiger partial charge on any atom is 0.337 e. The zero-order chi connectivity index (χ0) is 31.0. The Bertz CT molecular complexity index is 1710. The first-order valence-electron chi connectivity index (χ1n) is 14.1. The second kappa shape index (κ2) is 12.5. The van der Waals surface area contributed by atoms with Crippen molar-refractivity contribution in [3.63, 3.8) is 0 Å². The highest BCUT2D eigenvalue weighted by Gasteiger charge is 2.29. The molecule has 1 atom stereocenters. The number of benzene rings is 3. The van der Waals surface area contributed by atoms with Crippen LogP contribution in [0.5, 0.6) is 5.75 Å². The number of morpholine rings is 1. The van der Waals surface area contributed by atoms with Crippen molar-refractivity contribution in [2.45, 2.75) is 26.1 Å². The van der Waals surface area contributed by atoms with Gasteiger partial charge in [0.2, 0.25) is 0 Å². The molecule has 1 amide bonds. The van der Waals surface area contributed by atoms with E-state index in [0.29, 0.717) is 49.8 Å². The van der Waals surface area contributed by atoms with E-state index in [4.69, 9.17) is 32.7 Å². The molecular formula is C32H30Cl2N4O6. The van der Waals surface area contributed by atoms with E-state index in [1.54, 1.807) is 48.3 Å². The summed E-state index contributed by atoms with van der Waals surface area (Å²) in [6, 6.07) is 14.3. The number of carboxylic acids is 1. The highest BCUT2D eigenvalue weighted by atomic mass is 35.5. The molecule has 1 unspecified atom stereocenters. The lowest BCUT2D eigenvalue weighted by Crippen LogP contribution is -2.37. The second-order valence-electron chi connectivity index (χ2n) is 10.8. The highest BCUT2D eigenvalue weighted by Crippen LogP contribution is 2.40. The number of hydrogen-bond donors (Lipinski definition) is 2. The number of para-hydroxylation sites is 1. The van der Waals surface area contributed by atoms with Gasteiger partial charge in [0.25, 0.3) is 5.91 Å². The standard InChI is InChI=1S/C32H30Cl2N4O6/c1-19(39)15-38-17-23(14-35-38)22-11-26(33)29(27(34)12-22)31(40)37-16-21-3-2-4-24(30(21)44-18-37)20-5-6-25(32(41)42)28(13-20)36-7-9-43-10-8-36/h2-6,11-14,17,19,39H,7-10,15-16,18H2,1H3,(H,41,42). The smallest absolute Gasteiger partial charge is 0.337 e. The molecule has 12 heteroatoms. The van der Waals surface area contributed by atoms with E-state index < -0.39 is 12.1 Å². The van der Waals surface area contributed by atoms with Gasteiger partial charge in [-0.2, -0.15) is 5.10 Å². The fourth-order valence-electron chi connectivity index (χ4n) is 5.56. The minimum Gasteiger partial charge on any atom is -0.478 e. The minimum atomic E-state index is -0.990. The number of fused-ring (bicyclic) bond motifs is 1. The Morgan fingerprint density at radius 2 is 1.77 bits per heavy atom. The normalized spacial score (nSPS) is 15.5. The molecule has 2 N–H and O–H groups in total. The largest absolute Gasteiger partial charge is 0.478 e. The van der Waals surface area contributed by atoms with Crippen LogP contribution in [0.15, 0.2) is 60.9 Å². The SMILES string of the molecule is CC(O)Cn1cc(-c2cc(Cl)c(C(=O)N3COc4c(cccc4-c4ccc(C(=O)O)c(N5CCOCC5)c4)C3)c(Cl)c2)cn1. The van der Waals surface area contributed by atoms with E-state index >= 15 is 0 Å². The predicted octanol–water partition coefficient (Wildman–Crippen LogP) is 5.43. The number of aliphatic hydroxyl groups is 1. The number of aliphatic hydroxyl groups excluding tert-OH is 1. The molecule has 0 saturated carbocycles. The Hall–Kier alpha value is -4.09. The van der Waals surface area contributed by atoms with Crippen LogP contribution in [0.4, 0.5) is 5.69 Å². The van der Waals surface area contributed by atoms with Gasteiger partial charge in [-0.1, -0.05) is 47.5 Å². The van der Waals surface area contributed by atoms with Crippen LogP contribution in [0.25, 0.3) is 22.3 Å². The number of hydrogen-bond acceptors (Lipinski definition) is 7. The molecule has 4 aromatic rings. The molecule has 44 heavy (non-hydrogen) atoms. The van der Waals surface area contributed by atoms with E-state index in [9.17, 15) is 19.8 Å². The average Bonchev–Trinajstić information content (AvgIpc) is 3.48. The third kappa shape index (κ3) is 5.98. The zero-order valence-electron chi connectivity index (χ0n) is 23.9. The molecule has 228 valence electrons. The number of ether oxygens (including phenoxy) is 2. The number of carboxylic acid groups (broad SMARTS) is 1. The Morgan fingerprint density at radius 1 is 1.02 bits per heavy atom. The molecule has 1 aromatic heterocycles. The molecule has 2 aliphatic heterocycles. The van der Waals surface area contributed by atoms with Crippen LogP contribution < -0.4 is 9.64 Å². The van der Waals surface area contributed by atoms with Crippen molar-refractivity contribution < 1.29 is 29.3 Å². The molecule has 10 nitrogen and oxygen atoms in total. The summed E-state index contributed by atoms with van der Waals surface area (Å²) < 4.78 is 13.3.